The first-order chi connectivity index (χ1) is 15.6. The summed E-state index contributed by atoms with van der Waals surface area (Å²) in [5.41, 5.74) is 6.99. The maximum Gasteiger partial charge on any atom is 0.138 e. The Kier molecular flexibility index (Phi) is 8.15. The van der Waals surface area contributed by atoms with Crippen LogP contribution in [0.15, 0.2) is 60.3 Å². The van der Waals surface area contributed by atoms with Gasteiger partial charge < -0.3 is 4.74 Å². The standard InChI is InChI=1S/C24H29F2NO.C5H8/c1-4-17-5-7-18(8-6-17)13-27-14-23(25)22-11-20(9-10-21(22)16(27)2)28-15-19-12-24(19,3)26;1-4-5(2)3/h5-11,16,19,23H,4,12-15H2,1-3H3;1H2,2-3H3. The quantitative estimate of drug-likeness (QED) is 0.416. The molecule has 4 heteroatoms. The fraction of sp³-hybridized carbons (Fsp3) is 0.483. The monoisotopic (exact) mass is 453 g/mol. The van der Waals surface area contributed by atoms with E-state index >= 15 is 0 Å². The van der Waals surface area contributed by atoms with E-state index in [0.29, 0.717) is 30.9 Å². The second kappa shape index (κ2) is 10.7. The van der Waals surface area contributed by atoms with Crippen LogP contribution in [0.2, 0.25) is 0 Å². The Bertz CT molecular complexity index is 987. The Morgan fingerprint density at radius 1 is 1.15 bits per heavy atom. The van der Waals surface area contributed by atoms with Gasteiger partial charge in [0.05, 0.1) is 6.61 Å². The first-order valence-corrected chi connectivity index (χ1v) is 11.9. The summed E-state index contributed by atoms with van der Waals surface area (Å²) in [6.07, 6.45) is 0.530. The molecule has 0 radical (unpaired) electrons. The molecule has 0 aromatic heterocycles. The van der Waals surface area contributed by atoms with Gasteiger partial charge in [-0.25, -0.2) is 8.78 Å². The third-order valence-corrected chi connectivity index (χ3v) is 6.75. The van der Waals surface area contributed by atoms with Gasteiger partial charge in [0.25, 0.3) is 0 Å². The summed E-state index contributed by atoms with van der Waals surface area (Å²) >= 11 is 0. The van der Waals surface area contributed by atoms with Crippen molar-refractivity contribution in [1.29, 1.82) is 0 Å². The number of allylic oxidation sites excluding steroid dienone is 1. The summed E-state index contributed by atoms with van der Waals surface area (Å²) in [6, 6.07) is 14.4. The summed E-state index contributed by atoms with van der Waals surface area (Å²) < 4.78 is 34.4. The molecule has 1 aliphatic heterocycles. The van der Waals surface area contributed by atoms with Gasteiger partial charge in [0.1, 0.15) is 17.6 Å². The van der Waals surface area contributed by atoms with E-state index in [0.717, 1.165) is 24.1 Å². The zero-order valence-electron chi connectivity index (χ0n) is 20.6. The van der Waals surface area contributed by atoms with Gasteiger partial charge in [-0.2, -0.15) is 0 Å². The van der Waals surface area contributed by atoms with E-state index < -0.39 is 11.8 Å². The molecule has 2 aliphatic rings. The zero-order valence-corrected chi connectivity index (χ0v) is 20.6. The molecule has 1 aliphatic carbocycles. The first-order valence-electron chi connectivity index (χ1n) is 11.9. The van der Waals surface area contributed by atoms with E-state index in [2.05, 4.69) is 55.3 Å². The van der Waals surface area contributed by atoms with Gasteiger partial charge in [0.2, 0.25) is 0 Å². The predicted molar refractivity (Wildman–Crippen MR) is 132 cm³/mol. The molecule has 4 atom stereocenters. The van der Waals surface area contributed by atoms with Crippen molar-refractivity contribution in [2.45, 2.75) is 71.9 Å². The highest BCUT2D eigenvalue weighted by atomic mass is 19.1. The normalized spacial score (nSPS) is 25.8. The Balaban J connectivity index is 0.000000555. The lowest BCUT2D eigenvalue weighted by Gasteiger charge is -2.37. The average Bonchev–Trinajstić information content (AvgIpc) is 3.42. The number of fused-ring (bicyclic) bond motifs is 1. The van der Waals surface area contributed by atoms with E-state index in [1.807, 2.05) is 32.0 Å². The molecule has 1 heterocycles. The summed E-state index contributed by atoms with van der Waals surface area (Å²) in [5.74, 6) is 0.595. The molecule has 4 rings (SSSR count). The van der Waals surface area contributed by atoms with Gasteiger partial charge in [-0.1, -0.05) is 43.8 Å². The molecule has 0 amide bonds. The van der Waals surface area contributed by atoms with E-state index in [9.17, 15) is 8.78 Å². The molecular weight excluding hydrogens is 416 g/mol. The van der Waals surface area contributed by atoms with Crippen LogP contribution in [-0.4, -0.2) is 23.7 Å². The van der Waals surface area contributed by atoms with Crippen LogP contribution in [0, 0.1) is 5.92 Å². The molecule has 1 saturated carbocycles. The molecule has 178 valence electrons. The van der Waals surface area contributed by atoms with Gasteiger partial charge in [0, 0.05) is 25.0 Å². The summed E-state index contributed by atoms with van der Waals surface area (Å²) in [4.78, 5) is 2.19. The molecule has 0 saturated heterocycles. The second-order valence-corrected chi connectivity index (χ2v) is 9.70. The maximum atomic E-state index is 15.0. The Labute approximate surface area is 198 Å². The Morgan fingerprint density at radius 2 is 1.76 bits per heavy atom. The summed E-state index contributed by atoms with van der Waals surface area (Å²) in [6.45, 7) is 14.7. The molecule has 2 nitrogen and oxygen atoms in total. The van der Waals surface area contributed by atoms with Crippen LogP contribution in [0.3, 0.4) is 0 Å². The molecule has 0 N–H and O–H groups in total. The predicted octanol–water partition coefficient (Wildman–Crippen LogP) is 7.70. The van der Waals surface area contributed by atoms with E-state index in [1.165, 1.54) is 11.1 Å². The van der Waals surface area contributed by atoms with Crippen LogP contribution >= 0.6 is 0 Å². The summed E-state index contributed by atoms with van der Waals surface area (Å²) in [7, 11) is 0. The number of benzene rings is 2. The van der Waals surface area contributed by atoms with Gasteiger partial charge in [0.15, 0.2) is 0 Å². The number of rotatable bonds is 6. The molecule has 0 bridgehead atoms. The second-order valence-electron chi connectivity index (χ2n) is 9.70. The minimum absolute atomic E-state index is 0.0433. The SMILES string of the molecule is C=C=C(C)C.CCc1ccc(CN2CC(F)c3cc(OCC4CC4(C)F)ccc3C2C)cc1. The van der Waals surface area contributed by atoms with Crippen LogP contribution in [0.1, 0.15) is 75.5 Å². The lowest BCUT2D eigenvalue weighted by atomic mass is 9.91. The van der Waals surface area contributed by atoms with Crippen molar-refractivity contribution >= 4 is 0 Å². The van der Waals surface area contributed by atoms with Crippen molar-refractivity contribution in [3.05, 3.63) is 82.6 Å². The number of aryl methyl sites for hydroxylation is 1. The molecule has 2 aromatic rings. The Hall–Kier alpha value is -2.42. The fourth-order valence-corrected chi connectivity index (χ4v) is 4.12. The molecule has 1 fully saturated rings. The minimum Gasteiger partial charge on any atom is -0.493 e. The van der Waals surface area contributed by atoms with Gasteiger partial charge in [-0.05, 0) is 80.5 Å². The highest BCUT2D eigenvalue weighted by Crippen LogP contribution is 2.47. The van der Waals surface area contributed by atoms with Crippen LogP contribution in [0.4, 0.5) is 8.78 Å². The maximum absolute atomic E-state index is 15.0. The molecule has 33 heavy (non-hydrogen) atoms. The zero-order chi connectivity index (χ0) is 24.2. The first kappa shape index (κ1) is 25.2. The van der Waals surface area contributed by atoms with Crippen LogP contribution in [0.5, 0.6) is 5.75 Å². The Morgan fingerprint density at radius 3 is 2.30 bits per heavy atom. The number of hydrogen-bond donors (Lipinski definition) is 0. The fourth-order valence-electron chi connectivity index (χ4n) is 4.12. The number of hydrogen-bond acceptors (Lipinski definition) is 2. The van der Waals surface area contributed by atoms with Crippen LogP contribution in [0.25, 0.3) is 0 Å². The lowest BCUT2D eigenvalue weighted by molar-refractivity contribution is 0.122. The topological polar surface area (TPSA) is 12.5 Å². The molecule has 4 unspecified atom stereocenters. The molecule has 2 aromatic carbocycles. The molecule has 0 spiro atoms. The van der Waals surface area contributed by atoms with Gasteiger partial charge in [-0.15, -0.1) is 5.73 Å². The van der Waals surface area contributed by atoms with E-state index in [1.54, 1.807) is 6.92 Å². The third kappa shape index (κ3) is 6.56. The van der Waals surface area contributed by atoms with E-state index in [4.69, 9.17) is 4.74 Å². The minimum atomic E-state index is -1.10. The largest absolute Gasteiger partial charge is 0.493 e. The highest BCUT2D eigenvalue weighted by Gasteiger charge is 2.51. The number of alkyl halides is 2. The van der Waals surface area contributed by atoms with Crippen molar-refractivity contribution in [3.8, 4) is 5.75 Å². The number of ether oxygens (including phenoxy) is 1. The average molecular weight is 454 g/mol. The van der Waals surface area contributed by atoms with Crippen LogP contribution in [-0.2, 0) is 13.0 Å². The van der Waals surface area contributed by atoms with Crippen molar-refractivity contribution < 1.29 is 13.5 Å². The van der Waals surface area contributed by atoms with Gasteiger partial charge in [-0.3, -0.25) is 4.90 Å². The van der Waals surface area contributed by atoms with Crippen LogP contribution < -0.4 is 4.74 Å². The number of halogens is 2. The third-order valence-electron chi connectivity index (χ3n) is 6.75. The van der Waals surface area contributed by atoms with Crippen molar-refractivity contribution in [3.63, 3.8) is 0 Å². The van der Waals surface area contributed by atoms with E-state index in [-0.39, 0.29) is 12.0 Å². The highest BCUT2D eigenvalue weighted by molar-refractivity contribution is 5.41. The van der Waals surface area contributed by atoms with Crippen molar-refractivity contribution in [2.75, 3.05) is 13.2 Å². The smallest absolute Gasteiger partial charge is 0.138 e. The van der Waals surface area contributed by atoms with Crippen molar-refractivity contribution in [1.82, 2.24) is 4.90 Å². The lowest BCUT2D eigenvalue weighted by Crippen LogP contribution is -2.35. The van der Waals surface area contributed by atoms with Crippen molar-refractivity contribution in [2.24, 2.45) is 5.92 Å². The summed E-state index contributed by atoms with van der Waals surface area (Å²) in [5, 5.41) is 0. The van der Waals surface area contributed by atoms with Gasteiger partial charge >= 0.3 is 0 Å². The number of nitrogens with zero attached hydrogens (tertiary/aromatic N) is 1. The molecular formula is C29H37F2NO.